The molecule has 1 fully saturated rings. The van der Waals surface area contributed by atoms with Gasteiger partial charge in [0.05, 0.1) is 6.10 Å². The molecule has 0 saturated heterocycles. The minimum Gasteiger partial charge on any atom is -0.490 e. The van der Waals surface area contributed by atoms with Gasteiger partial charge in [-0.2, -0.15) is 0 Å². The normalized spacial score (nSPS) is 16.1. The summed E-state index contributed by atoms with van der Waals surface area (Å²) in [5.74, 6) is 1.05. The lowest BCUT2D eigenvalue weighted by atomic mass is 10.00. The highest BCUT2D eigenvalue weighted by molar-refractivity contribution is 5.31. The van der Waals surface area contributed by atoms with Crippen LogP contribution in [0.1, 0.15) is 70.4 Å². The molecule has 1 unspecified atom stereocenters. The zero-order valence-electron chi connectivity index (χ0n) is 13.0. The minimum atomic E-state index is 0.476. The summed E-state index contributed by atoms with van der Waals surface area (Å²) in [5, 5.41) is 3.69. The Bertz CT molecular complexity index is 387. The minimum absolute atomic E-state index is 0.476. The molecule has 1 aromatic rings. The summed E-state index contributed by atoms with van der Waals surface area (Å²) < 4.78 is 5.92. The molecule has 0 aliphatic heterocycles. The Labute approximate surface area is 123 Å². The maximum Gasteiger partial charge on any atom is 0.120 e. The van der Waals surface area contributed by atoms with Crippen molar-refractivity contribution in [3.63, 3.8) is 0 Å². The largest absolute Gasteiger partial charge is 0.490 e. The van der Waals surface area contributed by atoms with E-state index in [0.29, 0.717) is 12.1 Å². The van der Waals surface area contributed by atoms with Crippen LogP contribution in [-0.2, 0) is 0 Å². The maximum absolute atomic E-state index is 5.92. The third kappa shape index (κ3) is 5.16. The second-order valence-corrected chi connectivity index (χ2v) is 5.89. The van der Waals surface area contributed by atoms with E-state index >= 15 is 0 Å². The standard InChI is InChI=1S/C18H29NO/c1-3-5-6-10-18(19-13-4-2)15-8-7-9-17(14-15)20-16-11-12-16/h7-9,14,16,18-19H,3-6,10-13H2,1-2H3. The third-order valence-electron chi connectivity index (χ3n) is 3.82. The molecule has 0 heterocycles. The molecule has 1 aromatic carbocycles. The second-order valence-electron chi connectivity index (χ2n) is 5.89. The Morgan fingerprint density at radius 2 is 2.05 bits per heavy atom. The van der Waals surface area contributed by atoms with E-state index in [1.165, 1.54) is 50.5 Å². The molecule has 2 heteroatoms. The van der Waals surface area contributed by atoms with Crippen molar-refractivity contribution in [2.24, 2.45) is 0 Å². The van der Waals surface area contributed by atoms with Crippen LogP contribution in [0.4, 0.5) is 0 Å². The Kier molecular flexibility index (Phi) is 6.38. The highest BCUT2D eigenvalue weighted by Crippen LogP contribution is 2.29. The van der Waals surface area contributed by atoms with Gasteiger partial charge >= 0.3 is 0 Å². The van der Waals surface area contributed by atoms with E-state index in [4.69, 9.17) is 4.74 Å². The Morgan fingerprint density at radius 1 is 1.20 bits per heavy atom. The van der Waals surface area contributed by atoms with Gasteiger partial charge in [-0.25, -0.2) is 0 Å². The average Bonchev–Trinajstić information content (AvgIpc) is 3.27. The van der Waals surface area contributed by atoms with E-state index in [9.17, 15) is 0 Å². The Morgan fingerprint density at radius 3 is 2.75 bits per heavy atom. The predicted molar refractivity (Wildman–Crippen MR) is 85.3 cm³/mol. The molecule has 1 atom stereocenters. The summed E-state index contributed by atoms with van der Waals surface area (Å²) in [6, 6.07) is 9.17. The van der Waals surface area contributed by atoms with Gasteiger partial charge in [0.2, 0.25) is 0 Å². The maximum atomic E-state index is 5.92. The topological polar surface area (TPSA) is 21.3 Å². The predicted octanol–water partition coefficient (Wildman–Crippen LogP) is 4.85. The van der Waals surface area contributed by atoms with Crippen molar-refractivity contribution in [3.05, 3.63) is 29.8 Å². The molecule has 2 nitrogen and oxygen atoms in total. The molecule has 20 heavy (non-hydrogen) atoms. The first kappa shape index (κ1) is 15.4. The highest BCUT2D eigenvalue weighted by atomic mass is 16.5. The molecule has 0 radical (unpaired) electrons. The fourth-order valence-corrected chi connectivity index (χ4v) is 2.49. The van der Waals surface area contributed by atoms with Crippen LogP contribution in [0.25, 0.3) is 0 Å². The fourth-order valence-electron chi connectivity index (χ4n) is 2.49. The zero-order valence-corrected chi connectivity index (χ0v) is 13.0. The van der Waals surface area contributed by atoms with Crippen molar-refractivity contribution in [1.29, 1.82) is 0 Å². The van der Waals surface area contributed by atoms with Crippen LogP contribution >= 0.6 is 0 Å². The van der Waals surface area contributed by atoms with Crippen molar-refractivity contribution in [2.75, 3.05) is 6.54 Å². The molecule has 1 aliphatic rings. The van der Waals surface area contributed by atoms with Gasteiger partial charge in [0.15, 0.2) is 0 Å². The van der Waals surface area contributed by atoms with E-state index < -0.39 is 0 Å². The van der Waals surface area contributed by atoms with Gasteiger partial charge in [0, 0.05) is 6.04 Å². The van der Waals surface area contributed by atoms with E-state index in [1.54, 1.807) is 0 Å². The quantitative estimate of drug-likeness (QED) is 0.616. The number of hydrogen-bond donors (Lipinski definition) is 1. The second kappa shape index (κ2) is 8.31. The first-order valence-corrected chi connectivity index (χ1v) is 8.33. The van der Waals surface area contributed by atoms with Crippen LogP contribution in [0.3, 0.4) is 0 Å². The number of ether oxygens (including phenoxy) is 1. The third-order valence-corrected chi connectivity index (χ3v) is 3.82. The molecular formula is C18H29NO. The number of benzene rings is 1. The molecule has 112 valence electrons. The van der Waals surface area contributed by atoms with Crippen LogP contribution in [0.5, 0.6) is 5.75 Å². The highest BCUT2D eigenvalue weighted by Gasteiger charge is 2.23. The van der Waals surface area contributed by atoms with Gasteiger partial charge in [-0.3, -0.25) is 0 Å². The van der Waals surface area contributed by atoms with E-state index in [0.717, 1.165) is 12.3 Å². The fraction of sp³-hybridized carbons (Fsp3) is 0.667. The van der Waals surface area contributed by atoms with Crippen LogP contribution in [-0.4, -0.2) is 12.6 Å². The molecular weight excluding hydrogens is 246 g/mol. The number of rotatable bonds is 10. The number of hydrogen-bond acceptors (Lipinski definition) is 2. The van der Waals surface area contributed by atoms with Crippen LogP contribution in [0.2, 0.25) is 0 Å². The first-order chi connectivity index (χ1) is 9.83. The lowest BCUT2D eigenvalue weighted by Gasteiger charge is -2.20. The van der Waals surface area contributed by atoms with Gasteiger partial charge in [-0.15, -0.1) is 0 Å². The summed E-state index contributed by atoms with van der Waals surface area (Å²) in [4.78, 5) is 0. The number of unbranched alkanes of at least 4 members (excludes halogenated alkanes) is 2. The summed E-state index contributed by atoms with van der Waals surface area (Å²) >= 11 is 0. The van der Waals surface area contributed by atoms with Crippen molar-refractivity contribution in [1.82, 2.24) is 5.32 Å². The van der Waals surface area contributed by atoms with E-state index in [-0.39, 0.29) is 0 Å². The van der Waals surface area contributed by atoms with Gasteiger partial charge in [-0.1, -0.05) is 45.2 Å². The van der Waals surface area contributed by atoms with Crippen molar-refractivity contribution < 1.29 is 4.74 Å². The summed E-state index contributed by atoms with van der Waals surface area (Å²) in [5.41, 5.74) is 1.38. The number of nitrogens with one attached hydrogen (secondary N) is 1. The molecule has 0 aromatic heterocycles. The van der Waals surface area contributed by atoms with Crippen molar-refractivity contribution in [2.45, 2.75) is 70.9 Å². The zero-order chi connectivity index (χ0) is 14.2. The summed E-state index contributed by atoms with van der Waals surface area (Å²) in [7, 11) is 0. The van der Waals surface area contributed by atoms with Crippen LogP contribution in [0, 0.1) is 0 Å². The van der Waals surface area contributed by atoms with Crippen LogP contribution in [0.15, 0.2) is 24.3 Å². The Balaban J connectivity index is 1.97. The van der Waals surface area contributed by atoms with E-state index in [1.807, 2.05) is 0 Å². The molecule has 1 aliphatic carbocycles. The van der Waals surface area contributed by atoms with E-state index in [2.05, 4.69) is 43.4 Å². The van der Waals surface area contributed by atoms with Gasteiger partial charge in [0.25, 0.3) is 0 Å². The smallest absolute Gasteiger partial charge is 0.120 e. The van der Waals surface area contributed by atoms with Gasteiger partial charge < -0.3 is 10.1 Å². The SMILES string of the molecule is CCCCCC(NCCC)c1cccc(OC2CC2)c1. The van der Waals surface area contributed by atoms with Crippen LogP contribution < -0.4 is 10.1 Å². The van der Waals surface area contributed by atoms with Gasteiger partial charge in [-0.05, 0) is 49.9 Å². The average molecular weight is 275 g/mol. The molecule has 0 amide bonds. The summed E-state index contributed by atoms with van der Waals surface area (Å²) in [6.45, 7) is 5.58. The first-order valence-electron chi connectivity index (χ1n) is 8.33. The molecule has 1 saturated carbocycles. The molecule has 0 bridgehead atoms. The molecule has 1 N–H and O–H groups in total. The monoisotopic (exact) mass is 275 g/mol. The lowest BCUT2D eigenvalue weighted by Crippen LogP contribution is -2.22. The molecule has 0 spiro atoms. The van der Waals surface area contributed by atoms with Crippen molar-refractivity contribution in [3.8, 4) is 5.75 Å². The summed E-state index contributed by atoms with van der Waals surface area (Å²) in [6.07, 6.45) is 9.23. The van der Waals surface area contributed by atoms with Gasteiger partial charge in [0.1, 0.15) is 5.75 Å². The lowest BCUT2D eigenvalue weighted by molar-refractivity contribution is 0.302. The molecule has 2 rings (SSSR count). The Hall–Kier alpha value is -1.02. The van der Waals surface area contributed by atoms with Crippen molar-refractivity contribution >= 4 is 0 Å².